The molecule has 0 amide bonds. The molecule has 0 unspecified atom stereocenters. The standard InChI is InChI=1S/C15H18Cl2N4O/c1-9-12(18-6-4-13(9)22-7-5-16)8-19-15-14(17)10(2)20-11(3)21-15/h4,6H,5,7-8H2,1-3H3,(H,19,20,21). The minimum absolute atomic E-state index is 0.449. The summed E-state index contributed by atoms with van der Waals surface area (Å²) in [5.74, 6) is 2.52. The van der Waals surface area contributed by atoms with Gasteiger partial charge in [-0.2, -0.15) is 0 Å². The molecule has 0 aliphatic carbocycles. The Labute approximate surface area is 140 Å². The van der Waals surface area contributed by atoms with Gasteiger partial charge in [-0.05, 0) is 26.8 Å². The minimum Gasteiger partial charge on any atom is -0.492 e. The van der Waals surface area contributed by atoms with E-state index in [2.05, 4.69) is 20.3 Å². The van der Waals surface area contributed by atoms with Crippen molar-refractivity contribution >= 4 is 29.0 Å². The first kappa shape index (κ1) is 16.8. The Balaban J connectivity index is 2.15. The van der Waals surface area contributed by atoms with Gasteiger partial charge >= 0.3 is 0 Å². The molecular formula is C15H18Cl2N4O. The summed E-state index contributed by atoms with van der Waals surface area (Å²) in [7, 11) is 0. The topological polar surface area (TPSA) is 59.9 Å². The molecule has 2 aromatic rings. The molecule has 2 rings (SSSR count). The van der Waals surface area contributed by atoms with Crippen molar-refractivity contribution in [3.8, 4) is 5.75 Å². The molecular weight excluding hydrogens is 323 g/mol. The monoisotopic (exact) mass is 340 g/mol. The number of rotatable bonds is 6. The van der Waals surface area contributed by atoms with Crippen molar-refractivity contribution in [2.75, 3.05) is 17.8 Å². The van der Waals surface area contributed by atoms with Crippen LogP contribution in [-0.4, -0.2) is 27.4 Å². The van der Waals surface area contributed by atoms with Crippen LogP contribution in [0.25, 0.3) is 0 Å². The quantitative estimate of drug-likeness (QED) is 0.812. The average molecular weight is 341 g/mol. The van der Waals surface area contributed by atoms with E-state index < -0.39 is 0 Å². The van der Waals surface area contributed by atoms with Crippen LogP contribution in [0.5, 0.6) is 5.75 Å². The van der Waals surface area contributed by atoms with E-state index in [-0.39, 0.29) is 0 Å². The number of pyridine rings is 1. The Morgan fingerprint density at radius 2 is 2.00 bits per heavy atom. The van der Waals surface area contributed by atoms with E-state index in [9.17, 15) is 0 Å². The summed E-state index contributed by atoms with van der Waals surface area (Å²) in [6, 6.07) is 1.83. The molecule has 0 bridgehead atoms. The summed E-state index contributed by atoms with van der Waals surface area (Å²) >= 11 is 11.9. The molecule has 0 fully saturated rings. The third kappa shape index (κ3) is 3.99. The Morgan fingerprint density at radius 1 is 1.23 bits per heavy atom. The van der Waals surface area contributed by atoms with Crippen molar-refractivity contribution < 1.29 is 4.74 Å². The fraction of sp³-hybridized carbons (Fsp3) is 0.400. The second kappa shape index (κ2) is 7.61. The largest absolute Gasteiger partial charge is 0.492 e. The smallest absolute Gasteiger partial charge is 0.149 e. The maximum Gasteiger partial charge on any atom is 0.149 e. The average Bonchev–Trinajstić information content (AvgIpc) is 2.49. The lowest BCUT2D eigenvalue weighted by Crippen LogP contribution is -2.09. The fourth-order valence-electron chi connectivity index (χ4n) is 2.03. The van der Waals surface area contributed by atoms with Gasteiger partial charge in [0, 0.05) is 11.8 Å². The first-order chi connectivity index (χ1) is 10.5. The van der Waals surface area contributed by atoms with Crippen LogP contribution < -0.4 is 10.1 Å². The van der Waals surface area contributed by atoms with Crippen molar-refractivity contribution in [3.63, 3.8) is 0 Å². The normalized spacial score (nSPS) is 10.6. The molecule has 22 heavy (non-hydrogen) atoms. The van der Waals surface area contributed by atoms with E-state index in [0.717, 1.165) is 22.7 Å². The molecule has 0 aliphatic heterocycles. The van der Waals surface area contributed by atoms with Crippen LogP contribution in [0.4, 0.5) is 5.82 Å². The van der Waals surface area contributed by atoms with Crippen molar-refractivity contribution in [2.45, 2.75) is 27.3 Å². The summed E-state index contributed by atoms with van der Waals surface area (Å²) in [5, 5.41) is 3.73. The molecule has 0 aromatic carbocycles. The number of hydrogen-bond acceptors (Lipinski definition) is 5. The van der Waals surface area contributed by atoms with E-state index in [0.29, 0.717) is 35.7 Å². The molecule has 0 atom stereocenters. The Bertz CT molecular complexity index is 664. The minimum atomic E-state index is 0.449. The van der Waals surface area contributed by atoms with E-state index in [1.165, 1.54) is 0 Å². The molecule has 118 valence electrons. The highest BCUT2D eigenvalue weighted by Crippen LogP contribution is 2.24. The number of aromatic nitrogens is 3. The SMILES string of the molecule is Cc1nc(C)c(Cl)c(NCc2nccc(OCCCl)c2C)n1. The molecule has 0 aliphatic rings. The van der Waals surface area contributed by atoms with Gasteiger partial charge in [0.15, 0.2) is 0 Å². The number of aryl methyl sites for hydroxylation is 2. The molecule has 2 heterocycles. The van der Waals surface area contributed by atoms with Crippen LogP contribution >= 0.6 is 23.2 Å². The van der Waals surface area contributed by atoms with Gasteiger partial charge < -0.3 is 10.1 Å². The predicted molar refractivity (Wildman–Crippen MR) is 89.0 cm³/mol. The Morgan fingerprint density at radius 3 is 2.73 bits per heavy atom. The summed E-state index contributed by atoms with van der Waals surface area (Å²) in [4.78, 5) is 12.9. The lowest BCUT2D eigenvalue weighted by atomic mass is 10.2. The molecule has 0 radical (unpaired) electrons. The summed E-state index contributed by atoms with van der Waals surface area (Å²) in [5.41, 5.74) is 2.59. The van der Waals surface area contributed by atoms with Gasteiger partial charge in [-0.1, -0.05) is 11.6 Å². The van der Waals surface area contributed by atoms with Gasteiger partial charge in [-0.25, -0.2) is 9.97 Å². The molecule has 0 saturated heterocycles. The van der Waals surface area contributed by atoms with E-state index in [1.54, 1.807) is 6.20 Å². The maximum atomic E-state index is 6.22. The zero-order valence-electron chi connectivity index (χ0n) is 12.8. The Kier molecular flexibility index (Phi) is 5.80. The summed E-state index contributed by atoms with van der Waals surface area (Å²) in [6.07, 6.45) is 1.71. The zero-order chi connectivity index (χ0) is 16.1. The van der Waals surface area contributed by atoms with Crippen LogP contribution in [0.2, 0.25) is 5.02 Å². The van der Waals surface area contributed by atoms with Gasteiger partial charge in [-0.3, -0.25) is 4.98 Å². The van der Waals surface area contributed by atoms with Gasteiger partial charge in [-0.15, -0.1) is 11.6 Å². The van der Waals surface area contributed by atoms with Crippen LogP contribution in [-0.2, 0) is 6.54 Å². The second-order valence-corrected chi connectivity index (χ2v) is 5.55. The lowest BCUT2D eigenvalue weighted by molar-refractivity contribution is 0.339. The fourth-order valence-corrected chi connectivity index (χ4v) is 2.25. The first-order valence-electron chi connectivity index (χ1n) is 6.90. The second-order valence-electron chi connectivity index (χ2n) is 4.79. The molecule has 5 nitrogen and oxygen atoms in total. The van der Waals surface area contributed by atoms with Crippen molar-refractivity contribution in [2.24, 2.45) is 0 Å². The van der Waals surface area contributed by atoms with E-state index in [4.69, 9.17) is 27.9 Å². The third-order valence-corrected chi connectivity index (χ3v) is 3.75. The third-order valence-electron chi connectivity index (χ3n) is 3.15. The predicted octanol–water partition coefficient (Wildman–Crippen LogP) is 3.68. The van der Waals surface area contributed by atoms with Gasteiger partial charge in [0.1, 0.15) is 29.0 Å². The molecule has 7 heteroatoms. The van der Waals surface area contributed by atoms with Crippen LogP contribution in [0.1, 0.15) is 22.8 Å². The number of halogens is 2. The maximum absolute atomic E-state index is 6.22. The van der Waals surface area contributed by atoms with E-state index >= 15 is 0 Å². The highest BCUT2D eigenvalue weighted by molar-refractivity contribution is 6.33. The Hall–Kier alpha value is -1.59. The summed E-state index contributed by atoms with van der Waals surface area (Å²) < 4.78 is 5.59. The molecule has 0 saturated carbocycles. The molecule has 1 N–H and O–H groups in total. The number of anilines is 1. The van der Waals surface area contributed by atoms with Crippen molar-refractivity contribution in [1.82, 2.24) is 15.0 Å². The van der Waals surface area contributed by atoms with Gasteiger partial charge in [0.25, 0.3) is 0 Å². The molecule has 0 spiro atoms. The van der Waals surface area contributed by atoms with E-state index in [1.807, 2.05) is 26.8 Å². The van der Waals surface area contributed by atoms with Gasteiger partial charge in [0.05, 0.1) is 23.8 Å². The number of alkyl halides is 1. The summed E-state index contributed by atoms with van der Waals surface area (Å²) in [6.45, 7) is 6.62. The number of nitrogens with zero attached hydrogens (tertiary/aromatic N) is 3. The zero-order valence-corrected chi connectivity index (χ0v) is 14.3. The number of hydrogen-bond donors (Lipinski definition) is 1. The number of ether oxygens (including phenoxy) is 1. The molecule has 2 aromatic heterocycles. The first-order valence-corrected chi connectivity index (χ1v) is 7.82. The van der Waals surface area contributed by atoms with Gasteiger partial charge in [0.2, 0.25) is 0 Å². The van der Waals surface area contributed by atoms with Crippen molar-refractivity contribution in [3.05, 3.63) is 40.1 Å². The highest BCUT2D eigenvalue weighted by atomic mass is 35.5. The highest BCUT2D eigenvalue weighted by Gasteiger charge is 2.10. The van der Waals surface area contributed by atoms with Crippen LogP contribution in [0, 0.1) is 20.8 Å². The van der Waals surface area contributed by atoms with Crippen LogP contribution in [0.3, 0.4) is 0 Å². The number of nitrogens with one attached hydrogen (secondary N) is 1. The lowest BCUT2D eigenvalue weighted by Gasteiger charge is -2.13. The van der Waals surface area contributed by atoms with Crippen LogP contribution in [0.15, 0.2) is 12.3 Å². The van der Waals surface area contributed by atoms with Crippen molar-refractivity contribution in [1.29, 1.82) is 0 Å².